The van der Waals surface area contributed by atoms with Crippen molar-refractivity contribution in [2.45, 2.75) is 18.4 Å². The third-order valence-electron chi connectivity index (χ3n) is 4.90. The lowest BCUT2D eigenvalue weighted by Crippen LogP contribution is -2.43. The summed E-state index contributed by atoms with van der Waals surface area (Å²) in [5, 5.41) is 15.1. The molecular weight excluding hydrogens is 333 g/mol. The van der Waals surface area contributed by atoms with Gasteiger partial charge in [0.1, 0.15) is 11.6 Å². The van der Waals surface area contributed by atoms with Gasteiger partial charge in [-0.1, -0.05) is 12.1 Å². The van der Waals surface area contributed by atoms with Crippen LogP contribution in [-0.2, 0) is 12.6 Å². The van der Waals surface area contributed by atoms with Crippen LogP contribution in [0.3, 0.4) is 0 Å². The smallest absolute Gasteiger partial charge is 0.164 e. The fraction of sp³-hybridized carbons (Fsp3) is 0.316. The zero-order valence-corrected chi connectivity index (χ0v) is 14.5. The van der Waals surface area contributed by atoms with Crippen LogP contribution in [0.25, 0.3) is 11.4 Å². The predicted octanol–water partition coefficient (Wildman–Crippen LogP) is 2.50. The average molecular weight is 353 g/mol. The van der Waals surface area contributed by atoms with Crippen molar-refractivity contribution >= 4 is 5.82 Å². The van der Waals surface area contributed by atoms with E-state index in [-0.39, 0.29) is 5.82 Å². The second-order valence-electron chi connectivity index (χ2n) is 6.67. The maximum absolute atomic E-state index is 13.1. The minimum atomic E-state index is -0.927. The second-order valence-corrected chi connectivity index (χ2v) is 6.67. The molecule has 0 unspecified atom stereocenters. The van der Waals surface area contributed by atoms with Gasteiger partial charge in [-0.05, 0) is 36.6 Å². The van der Waals surface area contributed by atoms with Gasteiger partial charge in [-0.3, -0.25) is 4.68 Å². The van der Waals surface area contributed by atoms with Gasteiger partial charge < -0.3 is 10.0 Å². The first-order valence-corrected chi connectivity index (χ1v) is 8.59. The number of aromatic nitrogens is 4. The standard InChI is InChI=1S/C19H20FN5O/c1-24-13-14(12-22-24)18-21-9-6-17(23-18)25-10-7-19(26,8-11-25)15-2-4-16(20)5-3-15/h2-6,9,12-13,26H,7-8,10-11H2,1H3. The van der Waals surface area contributed by atoms with Gasteiger partial charge in [0.15, 0.2) is 5.82 Å². The molecule has 0 saturated carbocycles. The summed E-state index contributed by atoms with van der Waals surface area (Å²) >= 11 is 0. The monoisotopic (exact) mass is 353 g/mol. The fourth-order valence-corrected chi connectivity index (χ4v) is 3.36. The van der Waals surface area contributed by atoms with E-state index in [1.807, 2.05) is 19.3 Å². The highest BCUT2D eigenvalue weighted by Gasteiger charge is 2.34. The van der Waals surface area contributed by atoms with E-state index in [9.17, 15) is 9.50 Å². The van der Waals surface area contributed by atoms with Crippen LogP contribution in [0, 0.1) is 5.82 Å². The van der Waals surface area contributed by atoms with Crippen molar-refractivity contribution in [2.75, 3.05) is 18.0 Å². The van der Waals surface area contributed by atoms with Crippen molar-refractivity contribution in [3.63, 3.8) is 0 Å². The first-order chi connectivity index (χ1) is 12.5. The molecule has 26 heavy (non-hydrogen) atoms. The van der Waals surface area contributed by atoms with Gasteiger partial charge in [-0.25, -0.2) is 14.4 Å². The molecule has 1 aliphatic rings. The normalized spacial score (nSPS) is 16.7. The Labute approximate surface area is 150 Å². The number of piperidine rings is 1. The first-order valence-electron chi connectivity index (χ1n) is 8.59. The Kier molecular flexibility index (Phi) is 4.16. The number of hydrogen-bond acceptors (Lipinski definition) is 5. The van der Waals surface area contributed by atoms with E-state index in [2.05, 4.69) is 20.0 Å². The summed E-state index contributed by atoms with van der Waals surface area (Å²) in [6, 6.07) is 7.99. The van der Waals surface area contributed by atoms with E-state index in [0.29, 0.717) is 31.8 Å². The van der Waals surface area contributed by atoms with E-state index in [1.165, 1.54) is 12.1 Å². The van der Waals surface area contributed by atoms with Gasteiger partial charge in [-0.15, -0.1) is 0 Å². The lowest BCUT2D eigenvalue weighted by Gasteiger charge is -2.39. The Bertz CT molecular complexity index is 900. The van der Waals surface area contributed by atoms with Crippen LogP contribution in [0.15, 0.2) is 48.9 Å². The maximum Gasteiger partial charge on any atom is 0.164 e. The molecular formula is C19H20FN5O. The van der Waals surface area contributed by atoms with E-state index in [0.717, 1.165) is 16.9 Å². The van der Waals surface area contributed by atoms with Crippen molar-refractivity contribution in [3.05, 3.63) is 60.3 Å². The molecule has 0 atom stereocenters. The topological polar surface area (TPSA) is 67.1 Å². The SMILES string of the molecule is Cn1cc(-c2nccc(N3CCC(O)(c4ccc(F)cc4)CC3)n2)cn1. The molecule has 7 heteroatoms. The summed E-state index contributed by atoms with van der Waals surface area (Å²) < 4.78 is 14.8. The molecule has 0 radical (unpaired) electrons. The Morgan fingerprint density at radius 3 is 2.50 bits per heavy atom. The average Bonchev–Trinajstić information content (AvgIpc) is 3.09. The maximum atomic E-state index is 13.1. The van der Waals surface area contributed by atoms with Crippen molar-refractivity contribution in [2.24, 2.45) is 7.05 Å². The van der Waals surface area contributed by atoms with Crippen LogP contribution < -0.4 is 4.90 Å². The van der Waals surface area contributed by atoms with Crippen LogP contribution in [0.1, 0.15) is 18.4 Å². The highest BCUT2D eigenvalue weighted by molar-refractivity contribution is 5.55. The number of aryl methyl sites for hydroxylation is 1. The molecule has 1 saturated heterocycles. The summed E-state index contributed by atoms with van der Waals surface area (Å²) in [7, 11) is 1.86. The number of hydrogen-bond donors (Lipinski definition) is 1. The Hall–Kier alpha value is -2.80. The number of halogens is 1. The lowest BCUT2D eigenvalue weighted by molar-refractivity contribution is 0.0116. The predicted molar refractivity (Wildman–Crippen MR) is 96.0 cm³/mol. The fourth-order valence-electron chi connectivity index (χ4n) is 3.36. The molecule has 4 rings (SSSR count). The van der Waals surface area contributed by atoms with E-state index in [1.54, 1.807) is 29.2 Å². The molecule has 6 nitrogen and oxygen atoms in total. The molecule has 0 spiro atoms. The summed E-state index contributed by atoms with van der Waals surface area (Å²) in [4.78, 5) is 11.1. The zero-order valence-electron chi connectivity index (χ0n) is 14.5. The summed E-state index contributed by atoms with van der Waals surface area (Å²) in [5.41, 5.74) is 0.704. The molecule has 1 fully saturated rings. The Balaban J connectivity index is 1.50. The number of anilines is 1. The highest BCUT2D eigenvalue weighted by Crippen LogP contribution is 2.34. The number of rotatable bonds is 3. The molecule has 0 bridgehead atoms. The third-order valence-corrected chi connectivity index (χ3v) is 4.90. The van der Waals surface area contributed by atoms with Crippen LogP contribution >= 0.6 is 0 Å². The molecule has 134 valence electrons. The van der Waals surface area contributed by atoms with Crippen LogP contribution in [0.5, 0.6) is 0 Å². The largest absolute Gasteiger partial charge is 0.385 e. The van der Waals surface area contributed by atoms with Gasteiger partial charge in [0, 0.05) is 32.5 Å². The number of nitrogens with zero attached hydrogens (tertiary/aromatic N) is 5. The molecule has 3 aromatic rings. The van der Waals surface area contributed by atoms with Crippen LogP contribution in [0.4, 0.5) is 10.2 Å². The van der Waals surface area contributed by atoms with Crippen LogP contribution in [-0.4, -0.2) is 37.9 Å². The minimum Gasteiger partial charge on any atom is -0.385 e. The van der Waals surface area contributed by atoms with Crippen molar-refractivity contribution in [3.8, 4) is 11.4 Å². The quantitative estimate of drug-likeness (QED) is 0.784. The third kappa shape index (κ3) is 3.17. The molecule has 0 amide bonds. The van der Waals surface area contributed by atoms with Crippen molar-refractivity contribution in [1.29, 1.82) is 0 Å². The molecule has 1 aromatic carbocycles. The zero-order chi connectivity index (χ0) is 18.1. The van der Waals surface area contributed by atoms with Gasteiger partial charge in [0.2, 0.25) is 0 Å². The minimum absolute atomic E-state index is 0.293. The van der Waals surface area contributed by atoms with E-state index in [4.69, 9.17) is 0 Å². The Morgan fingerprint density at radius 1 is 1.12 bits per heavy atom. The second kappa shape index (κ2) is 6.49. The highest BCUT2D eigenvalue weighted by atomic mass is 19.1. The van der Waals surface area contributed by atoms with E-state index < -0.39 is 5.60 Å². The molecule has 2 aromatic heterocycles. The van der Waals surface area contributed by atoms with Crippen molar-refractivity contribution in [1.82, 2.24) is 19.7 Å². The number of aliphatic hydroxyl groups is 1. The van der Waals surface area contributed by atoms with Gasteiger partial charge in [0.25, 0.3) is 0 Å². The Morgan fingerprint density at radius 2 is 1.85 bits per heavy atom. The lowest BCUT2D eigenvalue weighted by atomic mass is 9.84. The molecule has 3 heterocycles. The number of benzene rings is 1. The molecule has 1 aliphatic heterocycles. The molecule has 0 aliphatic carbocycles. The van der Waals surface area contributed by atoms with E-state index >= 15 is 0 Å². The first kappa shape index (κ1) is 16.7. The van der Waals surface area contributed by atoms with Gasteiger partial charge >= 0.3 is 0 Å². The summed E-state index contributed by atoms with van der Waals surface area (Å²) in [6.45, 7) is 1.33. The van der Waals surface area contributed by atoms with Crippen LogP contribution in [0.2, 0.25) is 0 Å². The summed E-state index contributed by atoms with van der Waals surface area (Å²) in [5.74, 6) is 1.17. The van der Waals surface area contributed by atoms with Gasteiger partial charge in [-0.2, -0.15) is 5.10 Å². The van der Waals surface area contributed by atoms with Crippen molar-refractivity contribution < 1.29 is 9.50 Å². The summed E-state index contributed by atoms with van der Waals surface area (Å²) in [6.07, 6.45) is 6.48. The molecule has 1 N–H and O–H groups in total. The van der Waals surface area contributed by atoms with Gasteiger partial charge in [0.05, 0.1) is 17.4 Å².